The number of thiazole rings is 1. The van der Waals surface area contributed by atoms with Gasteiger partial charge in [0.15, 0.2) is 0 Å². The van der Waals surface area contributed by atoms with Crippen LogP contribution in [0, 0.1) is 5.41 Å². The lowest BCUT2D eigenvalue weighted by atomic mass is 9.93. The highest BCUT2D eigenvalue weighted by molar-refractivity contribution is 7.09. The molecule has 0 atom stereocenters. The molecule has 1 aromatic heterocycles. The van der Waals surface area contributed by atoms with Crippen LogP contribution in [-0.4, -0.2) is 11.5 Å². The van der Waals surface area contributed by atoms with E-state index in [0.29, 0.717) is 5.41 Å². The van der Waals surface area contributed by atoms with Crippen LogP contribution in [0.1, 0.15) is 37.9 Å². The summed E-state index contributed by atoms with van der Waals surface area (Å²) in [6, 6.07) is 0. The molecule has 0 saturated heterocycles. The standard InChI is InChI=1S/C11H20N2S/c1-11(2,3)7-10-13-9(8-14-10)5-4-6-12/h8H,4-7,12H2,1-3H3. The van der Waals surface area contributed by atoms with E-state index in [1.54, 1.807) is 11.3 Å². The second-order valence-electron chi connectivity index (χ2n) is 4.86. The van der Waals surface area contributed by atoms with Crippen molar-refractivity contribution >= 4 is 11.3 Å². The van der Waals surface area contributed by atoms with Crippen molar-refractivity contribution in [2.75, 3.05) is 6.54 Å². The lowest BCUT2D eigenvalue weighted by Crippen LogP contribution is -2.09. The zero-order valence-corrected chi connectivity index (χ0v) is 10.2. The third kappa shape index (κ3) is 4.20. The Hall–Kier alpha value is -0.410. The normalized spacial score (nSPS) is 12.0. The number of aromatic nitrogens is 1. The predicted molar refractivity (Wildman–Crippen MR) is 62.6 cm³/mol. The summed E-state index contributed by atoms with van der Waals surface area (Å²) in [6.07, 6.45) is 3.14. The molecule has 0 fully saturated rings. The minimum atomic E-state index is 0.336. The number of rotatable bonds is 4. The van der Waals surface area contributed by atoms with Crippen molar-refractivity contribution in [2.45, 2.75) is 40.0 Å². The van der Waals surface area contributed by atoms with E-state index < -0.39 is 0 Å². The molecule has 0 aliphatic heterocycles. The molecule has 0 unspecified atom stereocenters. The Balaban J connectivity index is 2.51. The van der Waals surface area contributed by atoms with Crippen LogP contribution in [0.5, 0.6) is 0 Å². The van der Waals surface area contributed by atoms with Gasteiger partial charge in [0.1, 0.15) is 0 Å². The fraction of sp³-hybridized carbons (Fsp3) is 0.727. The van der Waals surface area contributed by atoms with E-state index >= 15 is 0 Å². The Bertz CT molecular complexity index is 273. The van der Waals surface area contributed by atoms with Gasteiger partial charge in [0.25, 0.3) is 0 Å². The minimum absolute atomic E-state index is 0.336. The molecular weight excluding hydrogens is 192 g/mol. The number of aryl methyl sites for hydroxylation is 1. The summed E-state index contributed by atoms with van der Waals surface area (Å²) in [5, 5.41) is 3.42. The maximum Gasteiger partial charge on any atom is 0.0933 e. The molecule has 0 bridgehead atoms. The molecule has 0 amide bonds. The smallest absolute Gasteiger partial charge is 0.0933 e. The summed E-state index contributed by atoms with van der Waals surface area (Å²) in [5.41, 5.74) is 7.00. The van der Waals surface area contributed by atoms with E-state index in [1.807, 2.05) is 0 Å². The van der Waals surface area contributed by atoms with E-state index in [1.165, 1.54) is 10.7 Å². The summed E-state index contributed by atoms with van der Waals surface area (Å²) >= 11 is 1.77. The van der Waals surface area contributed by atoms with Gasteiger partial charge in [-0.05, 0) is 24.8 Å². The van der Waals surface area contributed by atoms with Gasteiger partial charge in [-0.3, -0.25) is 0 Å². The first-order chi connectivity index (χ1) is 6.51. The van der Waals surface area contributed by atoms with Crippen molar-refractivity contribution in [1.29, 1.82) is 0 Å². The lowest BCUT2D eigenvalue weighted by Gasteiger charge is -2.15. The molecule has 80 valence electrons. The molecule has 0 aliphatic carbocycles. The van der Waals surface area contributed by atoms with Crippen molar-refractivity contribution in [2.24, 2.45) is 11.1 Å². The summed E-state index contributed by atoms with van der Waals surface area (Å²) < 4.78 is 0. The number of hydrogen-bond acceptors (Lipinski definition) is 3. The first kappa shape index (κ1) is 11.7. The predicted octanol–water partition coefficient (Wildman–Crippen LogP) is 2.62. The third-order valence-corrected chi connectivity index (χ3v) is 2.82. The van der Waals surface area contributed by atoms with Gasteiger partial charge in [-0.25, -0.2) is 4.98 Å². The Labute approximate surface area is 90.6 Å². The SMILES string of the molecule is CC(C)(C)Cc1nc(CCCN)cs1. The van der Waals surface area contributed by atoms with Gasteiger partial charge in [0, 0.05) is 11.8 Å². The highest BCUT2D eigenvalue weighted by Gasteiger charge is 2.13. The zero-order chi connectivity index (χ0) is 10.6. The molecule has 0 aliphatic rings. The molecule has 2 nitrogen and oxygen atoms in total. The molecule has 1 aromatic rings. The summed E-state index contributed by atoms with van der Waals surface area (Å²) in [6.45, 7) is 7.49. The van der Waals surface area contributed by atoms with Gasteiger partial charge in [-0.1, -0.05) is 20.8 Å². The summed E-state index contributed by atoms with van der Waals surface area (Å²) in [4.78, 5) is 4.60. The fourth-order valence-electron chi connectivity index (χ4n) is 1.28. The van der Waals surface area contributed by atoms with Crippen molar-refractivity contribution < 1.29 is 0 Å². The first-order valence-corrected chi connectivity index (χ1v) is 6.02. The van der Waals surface area contributed by atoms with Crippen LogP contribution in [0.4, 0.5) is 0 Å². The number of nitrogens with zero attached hydrogens (tertiary/aromatic N) is 1. The van der Waals surface area contributed by atoms with E-state index in [0.717, 1.165) is 25.8 Å². The van der Waals surface area contributed by atoms with Gasteiger partial charge in [0.05, 0.1) is 10.7 Å². The van der Waals surface area contributed by atoms with Crippen molar-refractivity contribution in [3.05, 3.63) is 16.1 Å². The second-order valence-corrected chi connectivity index (χ2v) is 5.80. The third-order valence-electron chi connectivity index (χ3n) is 1.92. The molecule has 1 rings (SSSR count). The molecule has 3 heteroatoms. The number of hydrogen-bond donors (Lipinski definition) is 1. The van der Waals surface area contributed by atoms with E-state index in [2.05, 4.69) is 31.1 Å². The molecule has 0 radical (unpaired) electrons. The zero-order valence-electron chi connectivity index (χ0n) is 9.34. The van der Waals surface area contributed by atoms with Crippen LogP contribution in [0.2, 0.25) is 0 Å². The van der Waals surface area contributed by atoms with Crippen molar-refractivity contribution in [1.82, 2.24) is 4.98 Å². The average Bonchev–Trinajstić information content (AvgIpc) is 2.46. The van der Waals surface area contributed by atoms with Crippen LogP contribution < -0.4 is 5.73 Å². The molecule has 2 N–H and O–H groups in total. The second kappa shape index (κ2) is 4.89. The Morgan fingerprint density at radius 1 is 1.43 bits per heavy atom. The molecule has 0 spiro atoms. The van der Waals surface area contributed by atoms with Gasteiger partial charge in [-0.15, -0.1) is 11.3 Å². The van der Waals surface area contributed by atoms with E-state index in [9.17, 15) is 0 Å². The first-order valence-electron chi connectivity index (χ1n) is 5.14. The maximum atomic E-state index is 5.46. The summed E-state index contributed by atoms with van der Waals surface area (Å²) in [7, 11) is 0. The monoisotopic (exact) mass is 212 g/mol. The Kier molecular flexibility index (Phi) is 4.08. The number of nitrogens with two attached hydrogens (primary N) is 1. The van der Waals surface area contributed by atoms with Gasteiger partial charge in [-0.2, -0.15) is 0 Å². The average molecular weight is 212 g/mol. The van der Waals surface area contributed by atoms with E-state index in [4.69, 9.17) is 5.73 Å². The summed E-state index contributed by atoms with van der Waals surface area (Å²) in [5.74, 6) is 0. The largest absolute Gasteiger partial charge is 0.330 e. The molecule has 1 heterocycles. The molecule has 0 saturated carbocycles. The van der Waals surface area contributed by atoms with Gasteiger partial charge >= 0.3 is 0 Å². The van der Waals surface area contributed by atoms with Crippen molar-refractivity contribution in [3.63, 3.8) is 0 Å². The molecule has 0 aromatic carbocycles. The van der Waals surface area contributed by atoms with Crippen molar-refractivity contribution in [3.8, 4) is 0 Å². The highest BCUT2D eigenvalue weighted by Crippen LogP contribution is 2.23. The fourth-order valence-corrected chi connectivity index (χ4v) is 2.41. The van der Waals surface area contributed by atoms with Gasteiger partial charge in [0.2, 0.25) is 0 Å². The lowest BCUT2D eigenvalue weighted by molar-refractivity contribution is 0.410. The highest BCUT2D eigenvalue weighted by atomic mass is 32.1. The van der Waals surface area contributed by atoms with Crippen LogP contribution in [0.25, 0.3) is 0 Å². The van der Waals surface area contributed by atoms with Crippen LogP contribution in [-0.2, 0) is 12.8 Å². The quantitative estimate of drug-likeness (QED) is 0.833. The van der Waals surface area contributed by atoms with Gasteiger partial charge < -0.3 is 5.73 Å². The van der Waals surface area contributed by atoms with Crippen LogP contribution >= 0.6 is 11.3 Å². The topological polar surface area (TPSA) is 38.9 Å². The van der Waals surface area contributed by atoms with Crippen LogP contribution in [0.15, 0.2) is 5.38 Å². The maximum absolute atomic E-state index is 5.46. The van der Waals surface area contributed by atoms with Crippen LogP contribution in [0.3, 0.4) is 0 Å². The molecular formula is C11H20N2S. The Morgan fingerprint density at radius 2 is 2.14 bits per heavy atom. The van der Waals surface area contributed by atoms with E-state index in [-0.39, 0.29) is 0 Å². The minimum Gasteiger partial charge on any atom is -0.330 e. The Morgan fingerprint density at radius 3 is 2.71 bits per heavy atom. The molecule has 14 heavy (non-hydrogen) atoms.